The van der Waals surface area contributed by atoms with E-state index in [1.54, 1.807) is 41.1 Å². The smallest absolute Gasteiger partial charge is 0.240 e. The van der Waals surface area contributed by atoms with E-state index in [0.29, 0.717) is 11.3 Å². The molecule has 0 radical (unpaired) electrons. The molecule has 0 aliphatic carbocycles. The number of rotatable bonds is 6. The van der Waals surface area contributed by atoms with Crippen molar-refractivity contribution in [2.24, 2.45) is 0 Å². The van der Waals surface area contributed by atoms with Crippen molar-refractivity contribution < 1.29 is 17.2 Å². The second-order valence-electron chi connectivity index (χ2n) is 5.62. The molecular weight excluding hydrogens is 382 g/mol. The first-order valence-corrected chi connectivity index (χ1v) is 9.55. The standard InChI is InChI=1S/C18H15ClF2N2O2S/c19-16-10-15(7-8-18(16)21)26(24,25)22-11-14-5-3-9-23(14)12-13-4-1-2-6-17(13)20/h1-10,22H,11-12H2. The van der Waals surface area contributed by atoms with E-state index in [1.807, 2.05) is 0 Å². The van der Waals surface area contributed by atoms with Crippen molar-refractivity contribution in [3.05, 3.63) is 88.7 Å². The summed E-state index contributed by atoms with van der Waals surface area (Å²) in [5.41, 5.74) is 1.16. The van der Waals surface area contributed by atoms with Gasteiger partial charge in [-0.15, -0.1) is 0 Å². The Balaban J connectivity index is 1.75. The molecule has 2 aromatic carbocycles. The molecule has 0 saturated heterocycles. The van der Waals surface area contributed by atoms with Crippen LogP contribution in [0.25, 0.3) is 0 Å². The van der Waals surface area contributed by atoms with Crippen LogP contribution in [0.5, 0.6) is 0 Å². The number of halogens is 3. The van der Waals surface area contributed by atoms with Crippen molar-refractivity contribution in [1.29, 1.82) is 0 Å². The lowest BCUT2D eigenvalue weighted by Crippen LogP contribution is -2.24. The summed E-state index contributed by atoms with van der Waals surface area (Å²) in [6, 6.07) is 13.1. The second-order valence-corrected chi connectivity index (χ2v) is 7.79. The lowest BCUT2D eigenvalue weighted by atomic mass is 10.2. The zero-order valence-corrected chi connectivity index (χ0v) is 15.1. The monoisotopic (exact) mass is 396 g/mol. The van der Waals surface area contributed by atoms with E-state index < -0.39 is 15.8 Å². The Hall–Kier alpha value is -2.22. The predicted octanol–water partition coefficient (Wildman–Crippen LogP) is 3.95. The van der Waals surface area contributed by atoms with Gasteiger partial charge in [-0.2, -0.15) is 0 Å². The van der Waals surface area contributed by atoms with Crippen molar-refractivity contribution in [2.45, 2.75) is 18.0 Å². The maximum Gasteiger partial charge on any atom is 0.240 e. The number of aromatic nitrogens is 1. The van der Waals surface area contributed by atoms with Crippen LogP contribution in [0.2, 0.25) is 5.02 Å². The largest absolute Gasteiger partial charge is 0.346 e. The molecule has 0 unspecified atom stereocenters. The van der Waals surface area contributed by atoms with E-state index in [4.69, 9.17) is 11.6 Å². The van der Waals surface area contributed by atoms with Crippen LogP contribution in [0.4, 0.5) is 8.78 Å². The van der Waals surface area contributed by atoms with Gasteiger partial charge in [0, 0.05) is 17.5 Å². The zero-order valence-electron chi connectivity index (χ0n) is 13.5. The van der Waals surface area contributed by atoms with Crippen molar-refractivity contribution in [3.8, 4) is 0 Å². The highest BCUT2D eigenvalue weighted by molar-refractivity contribution is 7.89. The summed E-state index contributed by atoms with van der Waals surface area (Å²) in [4.78, 5) is -0.129. The number of hydrogen-bond acceptors (Lipinski definition) is 2. The summed E-state index contributed by atoms with van der Waals surface area (Å²) < 4.78 is 55.9. The van der Waals surface area contributed by atoms with Crippen LogP contribution < -0.4 is 4.72 Å². The normalized spacial score (nSPS) is 11.7. The maximum atomic E-state index is 13.8. The Labute approximate surface area is 155 Å². The molecule has 0 saturated carbocycles. The zero-order chi connectivity index (χ0) is 18.7. The first-order chi connectivity index (χ1) is 12.4. The quantitative estimate of drug-likeness (QED) is 0.686. The van der Waals surface area contributed by atoms with Gasteiger partial charge in [0.2, 0.25) is 10.0 Å². The fourth-order valence-corrected chi connectivity index (χ4v) is 3.74. The van der Waals surface area contributed by atoms with Gasteiger partial charge in [0.1, 0.15) is 11.6 Å². The Morgan fingerprint density at radius 3 is 2.50 bits per heavy atom. The lowest BCUT2D eigenvalue weighted by Gasteiger charge is -2.12. The van der Waals surface area contributed by atoms with Crippen LogP contribution in [0.15, 0.2) is 65.7 Å². The molecule has 0 fully saturated rings. The van der Waals surface area contributed by atoms with Gasteiger partial charge in [-0.25, -0.2) is 21.9 Å². The molecule has 0 aliphatic rings. The van der Waals surface area contributed by atoms with Crippen LogP contribution in [0, 0.1) is 11.6 Å². The van der Waals surface area contributed by atoms with Crippen molar-refractivity contribution >= 4 is 21.6 Å². The Morgan fingerprint density at radius 2 is 1.77 bits per heavy atom. The predicted molar refractivity (Wildman–Crippen MR) is 95.4 cm³/mol. The minimum Gasteiger partial charge on any atom is -0.346 e. The molecule has 0 amide bonds. The molecule has 1 N–H and O–H groups in total. The van der Waals surface area contributed by atoms with Gasteiger partial charge in [-0.3, -0.25) is 0 Å². The number of hydrogen-bond donors (Lipinski definition) is 1. The third kappa shape index (κ3) is 4.12. The SMILES string of the molecule is O=S(=O)(NCc1cccn1Cc1ccccc1F)c1ccc(F)c(Cl)c1. The van der Waals surface area contributed by atoms with Gasteiger partial charge in [0.05, 0.1) is 23.0 Å². The summed E-state index contributed by atoms with van der Waals surface area (Å²) >= 11 is 5.64. The van der Waals surface area contributed by atoms with E-state index in [2.05, 4.69) is 4.72 Å². The fraction of sp³-hybridized carbons (Fsp3) is 0.111. The topological polar surface area (TPSA) is 51.1 Å². The van der Waals surface area contributed by atoms with Crippen LogP contribution in [-0.4, -0.2) is 13.0 Å². The van der Waals surface area contributed by atoms with Crippen molar-refractivity contribution in [1.82, 2.24) is 9.29 Å². The van der Waals surface area contributed by atoms with E-state index in [9.17, 15) is 17.2 Å². The maximum absolute atomic E-state index is 13.8. The van der Waals surface area contributed by atoms with Gasteiger partial charge in [-0.05, 0) is 36.4 Å². The van der Waals surface area contributed by atoms with E-state index >= 15 is 0 Å². The van der Waals surface area contributed by atoms with Crippen LogP contribution >= 0.6 is 11.6 Å². The first-order valence-electron chi connectivity index (χ1n) is 7.69. The molecule has 1 aromatic heterocycles. The molecule has 0 spiro atoms. The van der Waals surface area contributed by atoms with Crippen LogP contribution in [-0.2, 0) is 23.1 Å². The summed E-state index contributed by atoms with van der Waals surface area (Å²) in [6.45, 7) is 0.276. The average molecular weight is 397 g/mol. The number of nitrogens with zero attached hydrogens (tertiary/aromatic N) is 1. The fourth-order valence-electron chi connectivity index (χ4n) is 2.47. The van der Waals surface area contributed by atoms with Crippen molar-refractivity contribution in [2.75, 3.05) is 0 Å². The molecule has 26 heavy (non-hydrogen) atoms. The second kappa shape index (κ2) is 7.57. The molecule has 0 aliphatic heterocycles. The van der Waals surface area contributed by atoms with Gasteiger partial charge < -0.3 is 4.57 Å². The highest BCUT2D eigenvalue weighted by Crippen LogP contribution is 2.19. The van der Waals surface area contributed by atoms with E-state index in [1.165, 1.54) is 6.07 Å². The highest BCUT2D eigenvalue weighted by atomic mass is 35.5. The number of nitrogens with one attached hydrogen (secondary N) is 1. The third-order valence-corrected chi connectivity index (χ3v) is 5.56. The minimum atomic E-state index is -3.86. The van der Waals surface area contributed by atoms with Crippen molar-refractivity contribution in [3.63, 3.8) is 0 Å². The minimum absolute atomic E-state index is 0.00121. The summed E-state index contributed by atoms with van der Waals surface area (Å²) in [5.74, 6) is -1.02. The molecule has 4 nitrogen and oxygen atoms in total. The molecule has 0 bridgehead atoms. The summed E-state index contributed by atoms with van der Waals surface area (Å²) in [7, 11) is -3.86. The number of sulfonamides is 1. The molecule has 3 rings (SSSR count). The number of benzene rings is 2. The first kappa shape index (κ1) is 18.6. The van der Waals surface area contributed by atoms with E-state index in [-0.39, 0.29) is 28.8 Å². The Morgan fingerprint density at radius 1 is 1.00 bits per heavy atom. The molecule has 1 heterocycles. The lowest BCUT2D eigenvalue weighted by molar-refractivity contribution is 0.574. The molecule has 3 aromatic rings. The molecule has 0 atom stereocenters. The van der Waals surface area contributed by atoms with E-state index in [0.717, 1.165) is 18.2 Å². The Bertz CT molecular complexity index is 1040. The molecular formula is C18H15ClF2N2O2S. The van der Waals surface area contributed by atoms with Gasteiger partial charge in [0.25, 0.3) is 0 Å². The van der Waals surface area contributed by atoms with Crippen LogP contribution in [0.1, 0.15) is 11.3 Å². The highest BCUT2D eigenvalue weighted by Gasteiger charge is 2.16. The van der Waals surface area contributed by atoms with Gasteiger partial charge >= 0.3 is 0 Å². The third-order valence-electron chi connectivity index (χ3n) is 3.87. The molecule has 136 valence electrons. The molecule has 8 heteroatoms. The summed E-state index contributed by atoms with van der Waals surface area (Å²) in [6.07, 6.45) is 1.74. The average Bonchev–Trinajstić information content (AvgIpc) is 3.05. The summed E-state index contributed by atoms with van der Waals surface area (Å²) in [5, 5.41) is -0.268. The Kier molecular flexibility index (Phi) is 5.41. The van der Waals surface area contributed by atoms with Gasteiger partial charge in [0.15, 0.2) is 0 Å². The van der Waals surface area contributed by atoms with Crippen LogP contribution in [0.3, 0.4) is 0 Å². The van der Waals surface area contributed by atoms with Gasteiger partial charge in [-0.1, -0.05) is 29.8 Å².